The lowest BCUT2D eigenvalue weighted by Crippen LogP contribution is -2.34. The van der Waals surface area contributed by atoms with Crippen molar-refractivity contribution in [3.8, 4) is 0 Å². The zero-order valence-corrected chi connectivity index (χ0v) is 13.0. The summed E-state index contributed by atoms with van der Waals surface area (Å²) in [5.74, 6) is 1.63. The summed E-state index contributed by atoms with van der Waals surface area (Å²) in [5, 5.41) is 18.8. The number of carbonyl (C=O) groups excluding carboxylic acids is 1. The minimum Gasteiger partial charge on any atom is -0.394 e. The van der Waals surface area contributed by atoms with E-state index in [9.17, 15) is 4.79 Å². The molecule has 0 aliphatic heterocycles. The summed E-state index contributed by atoms with van der Waals surface area (Å²) in [5.41, 5.74) is 1.41. The topological polar surface area (TPSA) is 100 Å². The lowest BCUT2D eigenvalue weighted by Gasteiger charge is -2.11. The van der Waals surface area contributed by atoms with Crippen LogP contribution in [0.4, 0.5) is 5.69 Å². The molecule has 1 amide bonds. The minimum absolute atomic E-state index is 0.0849. The van der Waals surface area contributed by atoms with Gasteiger partial charge in [0.15, 0.2) is 5.82 Å². The van der Waals surface area contributed by atoms with Crippen LogP contribution in [0.15, 0.2) is 28.8 Å². The van der Waals surface area contributed by atoms with Gasteiger partial charge in [-0.1, -0.05) is 5.16 Å². The van der Waals surface area contributed by atoms with E-state index in [1.807, 2.05) is 12.1 Å². The molecule has 23 heavy (non-hydrogen) atoms. The Bertz CT molecular complexity index is 664. The molecule has 0 bridgehead atoms. The summed E-state index contributed by atoms with van der Waals surface area (Å²) >= 11 is 0. The smallest absolute Gasteiger partial charge is 0.251 e. The van der Waals surface area contributed by atoms with Crippen LogP contribution in [0, 0.1) is 0 Å². The number of anilines is 1. The van der Waals surface area contributed by atoms with Crippen molar-refractivity contribution >= 4 is 11.6 Å². The second kappa shape index (κ2) is 6.78. The molecule has 1 aromatic carbocycles. The van der Waals surface area contributed by atoms with E-state index in [0.29, 0.717) is 23.9 Å². The van der Waals surface area contributed by atoms with Gasteiger partial charge in [-0.25, -0.2) is 0 Å². The van der Waals surface area contributed by atoms with Crippen molar-refractivity contribution in [2.75, 3.05) is 11.9 Å². The first-order valence-electron chi connectivity index (χ1n) is 7.74. The van der Waals surface area contributed by atoms with Crippen molar-refractivity contribution in [1.29, 1.82) is 0 Å². The third-order valence-corrected chi connectivity index (χ3v) is 3.67. The van der Waals surface area contributed by atoms with E-state index >= 15 is 0 Å². The van der Waals surface area contributed by atoms with Crippen molar-refractivity contribution < 1.29 is 14.4 Å². The molecular formula is C16H20N4O3. The van der Waals surface area contributed by atoms with Crippen LogP contribution in [0.25, 0.3) is 0 Å². The first kappa shape index (κ1) is 15.5. The zero-order chi connectivity index (χ0) is 16.2. The summed E-state index contributed by atoms with van der Waals surface area (Å²) in [6.45, 7) is 2.11. The number of nitrogens with one attached hydrogen (secondary N) is 2. The number of hydrogen-bond donors (Lipinski definition) is 3. The molecule has 1 aromatic heterocycles. The van der Waals surface area contributed by atoms with Gasteiger partial charge in [0.25, 0.3) is 5.91 Å². The normalized spacial score (nSPS) is 15.2. The van der Waals surface area contributed by atoms with Crippen LogP contribution in [-0.2, 0) is 6.54 Å². The molecule has 7 nitrogen and oxygen atoms in total. The Kier molecular flexibility index (Phi) is 4.57. The quantitative estimate of drug-likeness (QED) is 0.718. The summed E-state index contributed by atoms with van der Waals surface area (Å²) in [7, 11) is 0. The van der Waals surface area contributed by atoms with Crippen LogP contribution in [-0.4, -0.2) is 33.8 Å². The molecule has 3 N–H and O–H groups in total. The highest BCUT2D eigenvalue weighted by Crippen LogP contribution is 2.38. The van der Waals surface area contributed by atoms with Crippen molar-refractivity contribution in [2.24, 2.45) is 0 Å². The summed E-state index contributed by atoms with van der Waals surface area (Å²) in [4.78, 5) is 16.2. The number of hydrogen-bond acceptors (Lipinski definition) is 6. The fourth-order valence-electron chi connectivity index (χ4n) is 2.12. The highest BCUT2D eigenvalue weighted by molar-refractivity contribution is 5.94. The molecule has 3 rings (SSSR count). The van der Waals surface area contributed by atoms with Crippen LogP contribution in [0.1, 0.15) is 47.8 Å². The van der Waals surface area contributed by atoms with Gasteiger partial charge < -0.3 is 20.3 Å². The molecule has 2 aromatic rings. The molecule has 1 aliphatic carbocycles. The van der Waals surface area contributed by atoms with Crippen LogP contribution >= 0.6 is 0 Å². The molecule has 7 heteroatoms. The monoisotopic (exact) mass is 316 g/mol. The van der Waals surface area contributed by atoms with Gasteiger partial charge in [-0.2, -0.15) is 4.98 Å². The zero-order valence-electron chi connectivity index (χ0n) is 13.0. The van der Waals surface area contributed by atoms with Crippen LogP contribution < -0.4 is 10.6 Å². The Morgan fingerprint density at radius 1 is 1.39 bits per heavy atom. The van der Waals surface area contributed by atoms with Crippen LogP contribution in [0.5, 0.6) is 0 Å². The second-order valence-corrected chi connectivity index (χ2v) is 5.81. The lowest BCUT2D eigenvalue weighted by molar-refractivity contribution is 0.0922. The third kappa shape index (κ3) is 4.07. The highest BCUT2D eigenvalue weighted by atomic mass is 16.5. The predicted molar refractivity (Wildman–Crippen MR) is 84.1 cm³/mol. The van der Waals surface area contributed by atoms with E-state index < -0.39 is 0 Å². The Balaban J connectivity index is 1.53. The number of aliphatic hydroxyl groups excluding tert-OH is 1. The standard InChI is InChI=1S/C16H20N4O3/c1-10(9-21)18-16(22)12-4-6-13(7-5-12)17-8-14-19-15(20-23-14)11-2-3-11/h4-7,10-11,17,21H,2-3,8-9H2,1H3,(H,18,22). The molecule has 0 radical (unpaired) electrons. The molecule has 1 fully saturated rings. The SMILES string of the molecule is CC(CO)NC(=O)c1ccc(NCc2nc(C3CC3)no2)cc1. The predicted octanol–water partition coefficient (Wildman–Crippen LogP) is 1.67. The van der Waals surface area contributed by atoms with Crippen molar-refractivity contribution in [2.45, 2.75) is 38.3 Å². The number of aliphatic hydroxyl groups is 1. The summed E-state index contributed by atoms with van der Waals surface area (Å²) in [6.07, 6.45) is 2.29. The Morgan fingerprint density at radius 3 is 2.78 bits per heavy atom. The maximum absolute atomic E-state index is 11.9. The van der Waals surface area contributed by atoms with Crippen molar-refractivity contribution in [3.63, 3.8) is 0 Å². The van der Waals surface area contributed by atoms with Gasteiger partial charge >= 0.3 is 0 Å². The summed E-state index contributed by atoms with van der Waals surface area (Å²) < 4.78 is 5.19. The molecule has 1 unspecified atom stereocenters. The molecular weight excluding hydrogens is 296 g/mol. The fourth-order valence-corrected chi connectivity index (χ4v) is 2.12. The third-order valence-electron chi connectivity index (χ3n) is 3.67. The second-order valence-electron chi connectivity index (χ2n) is 5.81. The van der Waals surface area contributed by atoms with E-state index in [2.05, 4.69) is 20.8 Å². The average Bonchev–Trinajstić information content (AvgIpc) is 3.32. The largest absolute Gasteiger partial charge is 0.394 e. The molecule has 0 saturated heterocycles. The van der Waals surface area contributed by atoms with Crippen molar-refractivity contribution in [1.82, 2.24) is 15.5 Å². The van der Waals surface area contributed by atoms with Crippen LogP contribution in [0.3, 0.4) is 0 Å². The summed E-state index contributed by atoms with van der Waals surface area (Å²) in [6, 6.07) is 6.82. The number of rotatable bonds is 7. The van der Waals surface area contributed by atoms with E-state index in [1.54, 1.807) is 19.1 Å². The fraction of sp³-hybridized carbons (Fsp3) is 0.438. The number of benzene rings is 1. The molecule has 0 spiro atoms. The van der Waals surface area contributed by atoms with Gasteiger partial charge in [0.05, 0.1) is 13.2 Å². The number of carbonyl (C=O) groups is 1. The van der Waals surface area contributed by atoms with Crippen LogP contribution in [0.2, 0.25) is 0 Å². The van der Waals surface area contributed by atoms with Gasteiger partial charge in [-0.3, -0.25) is 4.79 Å². The molecule has 1 saturated carbocycles. The number of nitrogens with zero attached hydrogens (tertiary/aromatic N) is 2. The van der Waals surface area contributed by atoms with Gasteiger partial charge in [0.1, 0.15) is 0 Å². The lowest BCUT2D eigenvalue weighted by atomic mass is 10.2. The van der Waals surface area contributed by atoms with E-state index in [0.717, 1.165) is 24.4 Å². The first-order chi connectivity index (χ1) is 11.2. The maximum atomic E-state index is 11.9. The maximum Gasteiger partial charge on any atom is 0.251 e. The average molecular weight is 316 g/mol. The number of aromatic nitrogens is 2. The highest BCUT2D eigenvalue weighted by Gasteiger charge is 2.28. The Morgan fingerprint density at radius 2 is 2.13 bits per heavy atom. The van der Waals surface area contributed by atoms with Gasteiger partial charge in [0.2, 0.25) is 5.89 Å². The number of amides is 1. The Labute approximate surface area is 134 Å². The first-order valence-corrected chi connectivity index (χ1v) is 7.74. The molecule has 122 valence electrons. The Hall–Kier alpha value is -2.41. The van der Waals surface area contributed by atoms with Gasteiger partial charge in [0, 0.05) is 23.2 Å². The minimum atomic E-state index is -0.265. The molecule has 1 heterocycles. The van der Waals surface area contributed by atoms with Gasteiger partial charge in [-0.05, 0) is 44.0 Å². The molecule has 1 atom stereocenters. The van der Waals surface area contributed by atoms with E-state index in [1.165, 1.54) is 0 Å². The molecule has 1 aliphatic rings. The van der Waals surface area contributed by atoms with E-state index in [4.69, 9.17) is 9.63 Å². The van der Waals surface area contributed by atoms with E-state index in [-0.39, 0.29) is 18.6 Å². The van der Waals surface area contributed by atoms with Crippen molar-refractivity contribution in [3.05, 3.63) is 41.5 Å². The van der Waals surface area contributed by atoms with Gasteiger partial charge in [-0.15, -0.1) is 0 Å².